The number of H-pyrrole nitrogens is 1. The predicted octanol–water partition coefficient (Wildman–Crippen LogP) is 3.12. The van der Waals surface area contributed by atoms with Crippen LogP contribution in [0.4, 0.5) is 0 Å². The number of piperidine rings is 1. The number of likely N-dealkylation sites (tertiary alicyclic amines) is 1. The van der Waals surface area contributed by atoms with Gasteiger partial charge in [0.25, 0.3) is 5.56 Å². The molecule has 2 fully saturated rings. The molecule has 1 saturated carbocycles. The second-order valence-electron chi connectivity index (χ2n) is 7.79. The van der Waals surface area contributed by atoms with Crippen LogP contribution in [0, 0.1) is 5.92 Å². The van der Waals surface area contributed by atoms with Gasteiger partial charge in [0.05, 0.1) is 5.69 Å². The Labute approximate surface area is 159 Å². The van der Waals surface area contributed by atoms with Gasteiger partial charge in [-0.2, -0.15) is 0 Å². The number of nitrogens with one attached hydrogen (secondary N) is 1. The first kappa shape index (κ1) is 17.9. The number of amides is 1. The zero-order chi connectivity index (χ0) is 18.6. The molecule has 6 nitrogen and oxygen atoms in total. The van der Waals surface area contributed by atoms with E-state index in [0.29, 0.717) is 30.4 Å². The summed E-state index contributed by atoms with van der Waals surface area (Å²) in [6, 6.07) is 5.22. The van der Waals surface area contributed by atoms with Gasteiger partial charge in [0.2, 0.25) is 5.91 Å². The van der Waals surface area contributed by atoms with Crippen LogP contribution in [0.25, 0.3) is 11.3 Å². The zero-order valence-corrected chi connectivity index (χ0v) is 15.6. The van der Waals surface area contributed by atoms with Gasteiger partial charge in [0.1, 0.15) is 5.82 Å². The molecule has 1 aliphatic heterocycles. The third-order valence-corrected chi connectivity index (χ3v) is 5.83. The summed E-state index contributed by atoms with van der Waals surface area (Å²) in [5.41, 5.74) is 1.38. The van der Waals surface area contributed by atoms with E-state index in [0.717, 1.165) is 24.9 Å². The van der Waals surface area contributed by atoms with E-state index in [1.807, 2.05) is 17.0 Å². The molecule has 1 atom stereocenters. The van der Waals surface area contributed by atoms with Crippen molar-refractivity contribution in [2.75, 3.05) is 13.1 Å². The average molecular weight is 366 g/mol. The Balaban J connectivity index is 1.50. The van der Waals surface area contributed by atoms with E-state index in [9.17, 15) is 9.59 Å². The number of pyridine rings is 1. The molecule has 27 heavy (non-hydrogen) atoms. The van der Waals surface area contributed by atoms with E-state index >= 15 is 0 Å². The molecule has 6 heteroatoms. The molecule has 2 aromatic heterocycles. The average Bonchev–Trinajstić information content (AvgIpc) is 3.21. The van der Waals surface area contributed by atoms with Gasteiger partial charge < -0.3 is 9.88 Å². The van der Waals surface area contributed by atoms with Crippen LogP contribution < -0.4 is 5.56 Å². The van der Waals surface area contributed by atoms with Crippen molar-refractivity contribution in [2.45, 2.75) is 50.9 Å². The second kappa shape index (κ2) is 8.03. The molecule has 4 rings (SSSR count). The van der Waals surface area contributed by atoms with E-state index < -0.39 is 0 Å². The predicted molar refractivity (Wildman–Crippen MR) is 103 cm³/mol. The molecule has 142 valence electrons. The van der Waals surface area contributed by atoms with Crippen molar-refractivity contribution >= 4 is 5.91 Å². The van der Waals surface area contributed by atoms with E-state index in [-0.39, 0.29) is 17.4 Å². The number of hydrogen-bond donors (Lipinski definition) is 1. The molecule has 0 aromatic carbocycles. The highest BCUT2D eigenvalue weighted by atomic mass is 16.2. The molecule has 2 aromatic rings. The smallest absolute Gasteiger partial charge is 0.251 e. The first-order valence-electron chi connectivity index (χ1n) is 9.98. The topological polar surface area (TPSA) is 79.0 Å². The summed E-state index contributed by atoms with van der Waals surface area (Å²) in [7, 11) is 0. The summed E-state index contributed by atoms with van der Waals surface area (Å²) in [6.07, 6.45) is 10.8. The van der Waals surface area contributed by atoms with Crippen LogP contribution in [-0.4, -0.2) is 38.8 Å². The quantitative estimate of drug-likeness (QED) is 0.902. The minimum absolute atomic E-state index is 0.0840. The summed E-state index contributed by atoms with van der Waals surface area (Å²) >= 11 is 0. The summed E-state index contributed by atoms with van der Waals surface area (Å²) in [6.45, 7) is 1.46. The summed E-state index contributed by atoms with van der Waals surface area (Å²) in [5.74, 6) is 1.60. The molecule has 0 unspecified atom stereocenters. The first-order valence-corrected chi connectivity index (χ1v) is 9.98. The van der Waals surface area contributed by atoms with Gasteiger partial charge in [-0.05, 0) is 43.7 Å². The molecule has 0 radical (unpaired) electrons. The largest absolute Gasteiger partial charge is 0.342 e. The Kier molecular flexibility index (Phi) is 5.32. The zero-order valence-electron chi connectivity index (χ0n) is 15.6. The molecule has 0 spiro atoms. The fraction of sp³-hybridized carbons (Fsp3) is 0.524. The third-order valence-electron chi connectivity index (χ3n) is 5.83. The highest BCUT2D eigenvalue weighted by Gasteiger charge is 2.28. The fourth-order valence-corrected chi connectivity index (χ4v) is 4.36. The second-order valence-corrected chi connectivity index (χ2v) is 7.79. The van der Waals surface area contributed by atoms with Crippen LogP contribution in [0.1, 0.15) is 56.7 Å². The van der Waals surface area contributed by atoms with Gasteiger partial charge in [-0.15, -0.1) is 0 Å². The number of aromatic amines is 1. The third kappa shape index (κ3) is 4.26. The molecular formula is C21H26N4O2. The molecule has 3 heterocycles. The molecule has 0 bridgehead atoms. The van der Waals surface area contributed by atoms with Crippen molar-refractivity contribution in [2.24, 2.45) is 5.92 Å². The van der Waals surface area contributed by atoms with Gasteiger partial charge in [-0.3, -0.25) is 14.6 Å². The summed E-state index contributed by atoms with van der Waals surface area (Å²) in [5, 5.41) is 0. The summed E-state index contributed by atoms with van der Waals surface area (Å²) < 4.78 is 0. The van der Waals surface area contributed by atoms with Crippen LogP contribution in [0.15, 0.2) is 35.4 Å². The monoisotopic (exact) mass is 366 g/mol. The van der Waals surface area contributed by atoms with E-state index in [1.54, 1.807) is 12.4 Å². The molecular weight excluding hydrogens is 340 g/mol. The maximum absolute atomic E-state index is 12.7. The molecule has 1 N–H and O–H groups in total. The van der Waals surface area contributed by atoms with Gasteiger partial charge >= 0.3 is 0 Å². The lowest BCUT2D eigenvalue weighted by molar-refractivity contribution is -0.133. The maximum atomic E-state index is 12.7. The Bertz CT molecular complexity index is 843. The Morgan fingerprint density at radius 1 is 1.15 bits per heavy atom. The van der Waals surface area contributed by atoms with Crippen molar-refractivity contribution in [1.29, 1.82) is 0 Å². The lowest BCUT2D eigenvalue weighted by atomic mass is 9.95. The number of aromatic nitrogens is 3. The highest BCUT2D eigenvalue weighted by Crippen LogP contribution is 2.30. The van der Waals surface area contributed by atoms with Crippen molar-refractivity contribution < 1.29 is 4.79 Å². The molecule has 2 aliphatic rings. The normalized spacial score (nSPS) is 20.7. The van der Waals surface area contributed by atoms with Gasteiger partial charge in [0.15, 0.2) is 0 Å². The molecule has 1 saturated heterocycles. The van der Waals surface area contributed by atoms with Gasteiger partial charge in [-0.25, -0.2) is 4.98 Å². The van der Waals surface area contributed by atoms with Crippen molar-refractivity contribution in [3.63, 3.8) is 0 Å². The van der Waals surface area contributed by atoms with Crippen molar-refractivity contribution in [3.8, 4) is 11.3 Å². The Morgan fingerprint density at radius 3 is 2.70 bits per heavy atom. The molecule has 1 aliphatic carbocycles. The van der Waals surface area contributed by atoms with E-state index in [1.165, 1.54) is 31.7 Å². The van der Waals surface area contributed by atoms with Crippen molar-refractivity contribution in [1.82, 2.24) is 19.9 Å². The van der Waals surface area contributed by atoms with E-state index in [4.69, 9.17) is 4.98 Å². The minimum atomic E-state index is -0.152. The maximum Gasteiger partial charge on any atom is 0.251 e. The van der Waals surface area contributed by atoms with Crippen LogP contribution in [0.3, 0.4) is 0 Å². The number of carbonyl (C=O) groups is 1. The summed E-state index contributed by atoms with van der Waals surface area (Å²) in [4.78, 5) is 38.5. The fourth-order valence-electron chi connectivity index (χ4n) is 4.36. The lowest BCUT2D eigenvalue weighted by Gasteiger charge is -2.33. The van der Waals surface area contributed by atoms with E-state index in [2.05, 4.69) is 9.97 Å². The Morgan fingerprint density at radius 2 is 1.93 bits per heavy atom. The van der Waals surface area contributed by atoms with Crippen LogP contribution in [0.2, 0.25) is 0 Å². The number of nitrogens with zero attached hydrogens (tertiary/aromatic N) is 3. The van der Waals surface area contributed by atoms with Crippen LogP contribution >= 0.6 is 0 Å². The van der Waals surface area contributed by atoms with Gasteiger partial charge in [-0.1, -0.05) is 12.8 Å². The Hall–Kier alpha value is -2.50. The van der Waals surface area contributed by atoms with Crippen LogP contribution in [-0.2, 0) is 4.79 Å². The van der Waals surface area contributed by atoms with Crippen molar-refractivity contribution in [3.05, 3.63) is 46.8 Å². The number of hydrogen-bond acceptors (Lipinski definition) is 4. The standard InChI is InChI=1S/C21H26N4O2/c26-19-13-18(16-7-9-22-10-8-16)23-21(24-19)17-6-3-11-25(14-17)20(27)12-15-4-1-2-5-15/h7-10,13,15,17H,1-6,11-12,14H2,(H,23,24,26)/t17-/m0/s1. The SMILES string of the molecule is O=C(CC1CCCC1)N1CCC[C@H](c2nc(-c3ccncc3)cc(=O)[nH]2)C1. The highest BCUT2D eigenvalue weighted by molar-refractivity contribution is 5.76. The number of rotatable bonds is 4. The number of carbonyl (C=O) groups excluding carboxylic acids is 1. The lowest BCUT2D eigenvalue weighted by Crippen LogP contribution is -2.40. The van der Waals surface area contributed by atoms with Gasteiger partial charge in [0, 0.05) is 49.5 Å². The van der Waals surface area contributed by atoms with Crippen LogP contribution in [0.5, 0.6) is 0 Å². The molecule has 1 amide bonds. The minimum Gasteiger partial charge on any atom is -0.342 e. The first-order chi connectivity index (χ1) is 13.2.